The van der Waals surface area contributed by atoms with Crippen molar-refractivity contribution < 1.29 is 14.6 Å². The van der Waals surface area contributed by atoms with Crippen LogP contribution in [0.2, 0.25) is 0 Å². The Morgan fingerprint density at radius 1 is 1.00 bits per heavy atom. The Morgan fingerprint density at radius 3 is 2.61 bits per heavy atom. The van der Waals surface area contributed by atoms with Crippen molar-refractivity contribution in [3.8, 4) is 11.8 Å². The summed E-state index contributed by atoms with van der Waals surface area (Å²) in [5.74, 6) is 7.48. The van der Waals surface area contributed by atoms with Crippen LogP contribution in [0.5, 0.6) is 0 Å². The first-order chi connectivity index (χ1) is 16.2. The second kappa shape index (κ2) is 15.3. The highest BCUT2D eigenvalue weighted by Crippen LogP contribution is 2.55. The van der Waals surface area contributed by atoms with Crippen LogP contribution in [-0.4, -0.2) is 34.8 Å². The lowest BCUT2D eigenvalue weighted by atomic mass is 9.75. The van der Waals surface area contributed by atoms with E-state index in [1.54, 1.807) is 0 Å². The van der Waals surface area contributed by atoms with Gasteiger partial charge >= 0.3 is 5.97 Å². The average molecular weight is 469 g/mol. The largest absolute Gasteiger partial charge is 0.481 e. The van der Waals surface area contributed by atoms with E-state index in [4.69, 9.17) is 9.84 Å². The minimum atomic E-state index is -0.691. The number of hydrogen-bond donors (Lipinski definition) is 1. The number of fused-ring (bicyclic) bond motifs is 2. The molecule has 0 amide bonds. The van der Waals surface area contributed by atoms with Crippen LogP contribution >= 0.6 is 11.8 Å². The van der Waals surface area contributed by atoms with E-state index >= 15 is 0 Å². The van der Waals surface area contributed by atoms with Crippen LogP contribution in [0, 0.1) is 23.7 Å². The Bertz CT molecular complexity index is 779. The molecule has 0 aromatic heterocycles. The molecule has 3 rings (SSSR count). The third-order valence-corrected chi connectivity index (χ3v) is 8.75. The topological polar surface area (TPSA) is 46.5 Å². The van der Waals surface area contributed by atoms with Gasteiger partial charge in [0.05, 0.1) is 6.61 Å². The van der Waals surface area contributed by atoms with Crippen molar-refractivity contribution in [3.05, 3.63) is 48.0 Å². The minimum absolute atomic E-state index is 0.278. The number of allylic oxidation sites excluding steroid dienone is 2. The molecule has 2 fully saturated rings. The smallest absolute Gasteiger partial charge is 0.303 e. The molecule has 2 bridgehead atoms. The van der Waals surface area contributed by atoms with Gasteiger partial charge in [-0.1, -0.05) is 48.9 Å². The van der Waals surface area contributed by atoms with Gasteiger partial charge in [-0.05, 0) is 68.8 Å². The number of hydrogen-bond acceptors (Lipinski definition) is 3. The highest BCUT2D eigenvalue weighted by molar-refractivity contribution is 8.01. The molecule has 2 heterocycles. The van der Waals surface area contributed by atoms with Crippen molar-refractivity contribution in [2.45, 2.75) is 87.5 Å². The normalized spacial score (nSPS) is 23.6. The van der Waals surface area contributed by atoms with Gasteiger partial charge in [-0.3, -0.25) is 4.79 Å². The van der Waals surface area contributed by atoms with Crippen LogP contribution in [0.25, 0.3) is 0 Å². The third-order valence-electron chi connectivity index (χ3n) is 6.88. The zero-order valence-corrected chi connectivity index (χ0v) is 20.7. The molecule has 0 unspecified atom stereocenters. The molecule has 2 aliphatic rings. The van der Waals surface area contributed by atoms with E-state index < -0.39 is 5.97 Å². The molecule has 1 N–H and O–H groups in total. The van der Waals surface area contributed by atoms with E-state index in [9.17, 15) is 4.79 Å². The van der Waals surface area contributed by atoms with Gasteiger partial charge in [-0.25, -0.2) is 0 Å². The third kappa shape index (κ3) is 9.59. The number of carbonyl (C=O) groups is 1. The molecule has 3 nitrogen and oxygen atoms in total. The molecule has 0 radical (unpaired) electrons. The summed E-state index contributed by atoms with van der Waals surface area (Å²) in [5.41, 5.74) is 1.35. The molecule has 180 valence electrons. The van der Waals surface area contributed by atoms with Crippen molar-refractivity contribution in [1.29, 1.82) is 0 Å². The van der Waals surface area contributed by atoms with E-state index in [0.717, 1.165) is 74.1 Å². The number of rotatable bonds is 15. The fourth-order valence-electron chi connectivity index (χ4n) is 5.18. The van der Waals surface area contributed by atoms with E-state index in [-0.39, 0.29) is 6.42 Å². The number of carboxylic acids is 1. The maximum absolute atomic E-state index is 10.6. The van der Waals surface area contributed by atoms with Gasteiger partial charge in [0.25, 0.3) is 0 Å². The van der Waals surface area contributed by atoms with Crippen LogP contribution < -0.4 is 0 Å². The monoisotopic (exact) mass is 468 g/mol. The number of aliphatic carboxylic acids is 1. The Kier molecular flexibility index (Phi) is 12.0. The highest BCUT2D eigenvalue weighted by atomic mass is 32.2. The second-order valence-electron chi connectivity index (χ2n) is 9.31. The van der Waals surface area contributed by atoms with Gasteiger partial charge in [-0.15, -0.1) is 11.8 Å². The molecule has 0 aliphatic carbocycles. The fraction of sp³-hybridized carbons (Fsp3) is 0.621. The molecule has 2 saturated heterocycles. The van der Waals surface area contributed by atoms with E-state index in [1.807, 2.05) is 0 Å². The van der Waals surface area contributed by atoms with Gasteiger partial charge < -0.3 is 9.84 Å². The molecule has 0 spiro atoms. The number of carboxylic acid groups (broad SMARTS) is 1. The van der Waals surface area contributed by atoms with Crippen LogP contribution in [0.1, 0.15) is 76.2 Å². The van der Waals surface area contributed by atoms with Crippen molar-refractivity contribution in [2.75, 3.05) is 13.2 Å². The summed E-state index contributed by atoms with van der Waals surface area (Å²) >= 11 is 2.24. The molecular formula is C29H40O3S. The summed E-state index contributed by atoms with van der Waals surface area (Å²) in [4.78, 5) is 10.6. The molecule has 33 heavy (non-hydrogen) atoms. The second-order valence-corrected chi connectivity index (χ2v) is 10.8. The lowest BCUT2D eigenvalue weighted by Crippen LogP contribution is -2.26. The predicted molar refractivity (Wildman–Crippen MR) is 138 cm³/mol. The SMILES string of the molecule is O=C(O)CCCC=CC[C@@H]1[C@H](CCCCOCCC#CCCc2ccccc2)[C@@H]2CC[C@H]1S2. The number of unbranched alkanes of at least 4 members (excludes halogenated alkanes) is 2. The van der Waals surface area contributed by atoms with Crippen LogP contribution in [0.4, 0.5) is 0 Å². The van der Waals surface area contributed by atoms with Crippen LogP contribution in [-0.2, 0) is 16.0 Å². The molecule has 1 aromatic rings. The van der Waals surface area contributed by atoms with Crippen LogP contribution in [0.15, 0.2) is 42.5 Å². The fourth-order valence-corrected chi connectivity index (χ4v) is 7.23. The summed E-state index contributed by atoms with van der Waals surface area (Å²) in [6.45, 7) is 1.60. The number of ether oxygens (including phenoxy) is 1. The lowest BCUT2D eigenvalue weighted by Gasteiger charge is -2.29. The standard InChI is InChI=1S/C29H40O3S/c30-29(31)19-10-2-1-9-17-25-26(28-21-20-27(25)33-28)18-11-13-23-32-22-12-4-3-6-14-24-15-7-5-8-16-24/h1,5,7-9,15-16,25-28H,2,6,10-14,17-23H2,(H,30,31)/t25-,26+,27-,28+/m1/s1. The maximum atomic E-state index is 10.6. The molecular weight excluding hydrogens is 428 g/mol. The highest BCUT2D eigenvalue weighted by Gasteiger charge is 2.46. The molecule has 4 atom stereocenters. The van der Waals surface area contributed by atoms with Crippen molar-refractivity contribution in [2.24, 2.45) is 11.8 Å². The number of aryl methyl sites for hydroxylation is 1. The van der Waals surface area contributed by atoms with Gasteiger partial charge in [0, 0.05) is 36.4 Å². The van der Waals surface area contributed by atoms with Gasteiger partial charge in [0.1, 0.15) is 0 Å². The summed E-state index contributed by atoms with van der Waals surface area (Å²) < 4.78 is 5.81. The van der Waals surface area contributed by atoms with Gasteiger partial charge in [0.2, 0.25) is 0 Å². The van der Waals surface area contributed by atoms with E-state index in [0.29, 0.717) is 0 Å². The Balaban J connectivity index is 1.21. The van der Waals surface area contributed by atoms with Crippen LogP contribution in [0.3, 0.4) is 0 Å². The molecule has 0 saturated carbocycles. The zero-order valence-electron chi connectivity index (χ0n) is 19.9. The summed E-state index contributed by atoms with van der Waals surface area (Å²) in [6.07, 6.45) is 16.9. The summed E-state index contributed by atoms with van der Waals surface area (Å²) in [7, 11) is 0. The van der Waals surface area contributed by atoms with Gasteiger partial charge in [-0.2, -0.15) is 11.8 Å². The Labute approximate surface area is 204 Å². The Hall–Kier alpha value is -1.70. The van der Waals surface area contributed by atoms with Gasteiger partial charge in [0.15, 0.2) is 0 Å². The molecule has 1 aromatic carbocycles. The number of benzene rings is 1. The van der Waals surface area contributed by atoms with E-state index in [1.165, 1.54) is 37.7 Å². The molecule has 2 aliphatic heterocycles. The van der Waals surface area contributed by atoms with E-state index in [2.05, 4.69) is 66.1 Å². The first-order valence-electron chi connectivity index (χ1n) is 12.8. The average Bonchev–Trinajstić information content (AvgIpc) is 3.42. The minimum Gasteiger partial charge on any atom is -0.481 e. The maximum Gasteiger partial charge on any atom is 0.303 e. The first-order valence-corrected chi connectivity index (χ1v) is 13.8. The summed E-state index contributed by atoms with van der Waals surface area (Å²) in [6, 6.07) is 10.5. The Morgan fingerprint density at radius 2 is 1.79 bits per heavy atom. The van der Waals surface area contributed by atoms with Crippen molar-refractivity contribution in [1.82, 2.24) is 0 Å². The zero-order chi connectivity index (χ0) is 23.1. The predicted octanol–water partition coefficient (Wildman–Crippen LogP) is 6.91. The lowest BCUT2D eigenvalue weighted by molar-refractivity contribution is -0.137. The first kappa shape index (κ1) is 25.9. The number of thioether (sulfide) groups is 1. The summed E-state index contributed by atoms with van der Waals surface area (Å²) in [5, 5.41) is 10.5. The molecule has 4 heteroatoms. The quantitative estimate of drug-likeness (QED) is 0.173. The van der Waals surface area contributed by atoms with Crippen molar-refractivity contribution >= 4 is 17.7 Å². The van der Waals surface area contributed by atoms with Crippen molar-refractivity contribution in [3.63, 3.8) is 0 Å².